The van der Waals surface area contributed by atoms with Crippen LogP contribution in [0.15, 0.2) is 12.2 Å². The Bertz CT molecular complexity index is 196. The Kier molecular flexibility index (Phi) is 4.70. The van der Waals surface area contributed by atoms with Gasteiger partial charge in [-0.15, -0.1) is 0 Å². The molecular formula is C10H18O3. The Hall–Kier alpha value is -0.830. The van der Waals surface area contributed by atoms with Gasteiger partial charge in [0.05, 0.1) is 6.10 Å². The fraction of sp³-hybridized carbons (Fsp3) is 0.700. The summed E-state index contributed by atoms with van der Waals surface area (Å²) in [6, 6.07) is 0. The maximum atomic E-state index is 11.1. The van der Waals surface area contributed by atoms with Gasteiger partial charge in [0.15, 0.2) is 0 Å². The summed E-state index contributed by atoms with van der Waals surface area (Å²) < 4.78 is 5.04. The van der Waals surface area contributed by atoms with Gasteiger partial charge in [0.1, 0.15) is 6.10 Å². The first-order valence-electron chi connectivity index (χ1n) is 4.40. The van der Waals surface area contributed by atoms with Gasteiger partial charge in [-0.25, -0.2) is 4.79 Å². The summed E-state index contributed by atoms with van der Waals surface area (Å²) in [6.07, 6.45) is -0.767. The normalized spacial score (nSPS) is 17.3. The minimum absolute atomic E-state index is 0.0664. The number of ether oxygens (including phenoxy) is 1. The van der Waals surface area contributed by atoms with E-state index in [1.54, 1.807) is 20.8 Å². The van der Waals surface area contributed by atoms with Crippen molar-refractivity contribution in [2.45, 2.75) is 39.9 Å². The first kappa shape index (κ1) is 12.2. The highest BCUT2D eigenvalue weighted by atomic mass is 16.5. The van der Waals surface area contributed by atoms with Gasteiger partial charge in [-0.3, -0.25) is 0 Å². The molecule has 13 heavy (non-hydrogen) atoms. The molecule has 0 amide bonds. The molecular weight excluding hydrogens is 168 g/mol. The molecule has 0 spiro atoms. The van der Waals surface area contributed by atoms with Crippen molar-refractivity contribution in [3.8, 4) is 0 Å². The number of hydrogen-bond donors (Lipinski definition) is 1. The SMILES string of the molecule is C=C(C)C(=O)OC(C)C(C)C(C)O. The summed E-state index contributed by atoms with van der Waals surface area (Å²) in [7, 11) is 0. The highest BCUT2D eigenvalue weighted by Crippen LogP contribution is 2.12. The fourth-order valence-electron chi connectivity index (χ4n) is 0.769. The Morgan fingerprint density at radius 3 is 2.15 bits per heavy atom. The molecule has 3 nitrogen and oxygen atoms in total. The van der Waals surface area contributed by atoms with Crippen LogP contribution >= 0.6 is 0 Å². The average Bonchev–Trinajstić information content (AvgIpc) is 2.02. The van der Waals surface area contributed by atoms with E-state index in [9.17, 15) is 9.90 Å². The second-order valence-electron chi connectivity index (χ2n) is 3.49. The molecule has 0 saturated heterocycles. The number of aliphatic hydroxyl groups excluding tert-OH is 1. The van der Waals surface area contributed by atoms with Crippen molar-refractivity contribution in [3.63, 3.8) is 0 Å². The van der Waals surface area contributed by atoms with Crippen molar-refractivity contribution >= 4 is 5.97 Å². The number of hydrogen-bond acceptors (Lipinski definition) is 3. The summed E-state index contributed by atoms with van der Waals surface area (Å²) in [5, 5.41) is 9.23. The predicted octanol–water partition coefficient (Wildman–Crippen LogP) is 1.51. The van der Waals surface area contributed by atoms with Gasteiger partial charge in [0, 0.05) is 11.5 Å². The highest BCUT2D eigenvalue weighted by Gasteiger charge is 2.20. The van der Waals surface area contributed by atoms with Crippen LogP contribution in [-0.4, -0.2) is 23.3 Å². The lowest BCUT2D eigenvalue weighted by Gasteiger charge is -2.22. The summed E-state index contributed by atoms with van der Waals surface area (Å²) >= 11 is 0. The molecule has 0 bridgehead atoms. The largest absolute Gasteiger partial charge is 0.459 e. The van der Waals surface area contributed by atoms with E-state index in [0.717, 1.165) is 0 Å². The van der Waals surface area contributed by atoms with Gasteiger partial charge in [-0.05, 0) is 20.8 Å². The molecule has 0 heterocycles. The van der Waals surface area contributed by atoms with E-state index >= 15 is 0 Å². The van der Waals surface area contributed by atoms with Crippen molar-refractivity contribution in [2.24, 2.45) is 5.92 Å². The van der Waals surface area contributed by atoms with Crippen LogP contribution in [0.25, 0.3) is 0 Å². The first-order chi connectivity index (χ1) is 5.86. The van der Waals surface area contributed by atoms with E-state index in [2.05, 4.69) is 6.58 Å². The summed E-state index contributed by atoms with van der Waals surface area (Å²) in [5.74, 6) is -0.469. The smallest absolute Gasteiger partial charge is 0.333 e. The zero-order valence-corrected chi connectivity index (χ0v) is 8.70. The van der Waals surface area contributed by atoms with Gasteiger partial charge in [-0.1, -0.05) is 13.5 Å². The lowest BCUT2D eigenvalue weighted by atomic mass is 10.0. The molecule has 0 aromatic rings. The Labute approximate surface area is 79.4 Å². The van der Waals surface area contributed by atoms with Crippen LogP contribution in [0.5, 0.6) is 0 Å². The van der Waals surface area contributed by atoms with Gasteiger partial charge < -0.3 is 9.84 Å². The number of aliphatic hydroxyl groups is 1. The average molecular weight is 186 g/mol. The van der Waals surface area contributed by atoms with E-state index < -0.39 is 12.1 Å². The summed E-state index contributed by atoms with van der Waals surface area (Å²) in [4.78, 5) is 11.1. The summed E-state index contributed by atoms with van der Waals surface area (Å²) in [5.41, 5.74) is 0.379. The lowest BCUT2D eigenvalue weighted by Crippen LogP contribution is -2.29. The Morgan fingerprint density at radius 1 is 1.38 bits per heavy atom. The molecule has 76 valence electrons. The molecule has 0 aliphatic carbocycles. The molecule has 1 N–H and O–H groups in total. The molecule has 3 atom stereocenters. The first-order valence-corrected chi connectivity index (χ1v) is 4.40. The van der Waals surface area contributed by atoms with Crippen molar-refractivity contribution in [2.75, 3.05) is 0 Å². The number of esters is 1. The molecule has 3 heteroatoms. The minimum Gasteiger partial charge on any atom is -0.459 e. The maximum Gasteiger partial charge on any atom is 0.333 e. The molecule has 0 radical (unpaired) electrons. The number of carbonyl (C=O) groups is 1. The van der Waals surface area contributed by atoms with Gasteiger partial charge in [-0.2, -0.15) is 0 Å². The lowest BCUT2D eigenvalue weighted by molar-refractivity contribution is -0.147. The van der Waals surface area contributed by atoms with Crippen molar-refractivity contribution in [1.82, 2.24) is 0 Å². The van der Waals surface area contributed by atoms with Crippen LogP contribution in [0.1, 0.15) is 27.7 Å². The molecule has 0 aliphatic rings. The zero-order chi connectivity index (χ0) is 10.6. The molecule has 0 aromatic carbocycles. The van der Waals surface area contributed by atoms with E-state index in [1.807, 2.05) is 6.92 Å². The van der Waals surface area contributed by atoms with E-state index in [-0.39, 0.29) is 12.0 Å². The van der Waals surface area contributed by atoms with Gasteiger partial charge >= 0.3 is 5.97 Å². The summed E-state index contributed by atoms with van der Waals surface area (Å²) in [6.45, 7) is 10.3. The van der Waals surface area contributed by atoms with Gasteiger partial charge in [0.2, 0.25) is 0 Å². The number of carbonyl (C=O) groups excluding carboxylic acids is 1. The minimum atomic E-state index is -0.479. The third-order valence-electron chi connectivity index (χ3n) is 2.14. The topological polar surface area (TPSA) is 46.5 Å². The highest BCUT2D eigenvalue weighted by molar-refractivity contribution is 5.87. The van der Waals surface area contributed by atoms with Crippen LogP contribution in [-0.2, 0) is 9.53 Å². The second-order valence-corrected chi connectivity index (χ2v) is 3.49. The van der Waals surface area contributed by atoms with E-state index in [0.29, 0.717) is 5.57 Å². The standard InChI is InChI=1S/C10H18O3/c1-6(2)10(12)13-9(5)7(3)8(4)11/h7-9,11H,1H2,2-5H3. The van der Waals surface area contributed by atoms with Crippen LogP contribution in [0, 0.1) is 5.92 Å². The Morgan fingerprint density at radius 2 is 1.85 bits per heavy atom. The van der Waals surface area contributed by atoms with Crippen LogP contribution < -0.4 is 0 Å². The molecule has 0 fully saturated rings. The zero-order valence-electron chi connectivity index (χ0n) is 8.70. The second kappa shape index (κ2) is 5.02. The number of rotatable bonds is 4. The third-order valence-corrected chi connectivity index (χ3v) is 2.14. The molecule has 0 aliphatic heterocycles. The fourth-order valence-corrected chi connectivity index (χ4v) is 0.769. The molecule has 0 aromatic heterocycles. The van der Waals surface area contributed by atoms with Crippen molar-refractivity contribution in [1.29, 1.82) is 0 Å². The van der Waals surface area contributed by atoms with E-state index in [4.69, 9.17) is 4.74 Å². The van der Waals surface area contributed by atoms with E-state index in [1.165, 1.54) is 0 Å². The maximum absolute atomic E-state index is 11.1. The molecule has 0 rings (SSSR count). The monoisotopic (exact) mass is 186 g/mol. The Balaban J connectivity index is 4.07. The van der Waals surface area contributed by atoms with Crippen molar-refractivity contribution < 1.29 is 14.6 Å². The van der Waals surface area contributed by atoms with Crippen LogP contribution in [0.3, 0.4) is 0 Å². The molecule has 0 saturated carbocycles. The predicted molar refractivity (Wildman–Crippen MR) is 51.2 cm³/mol. The van der Waals surface area contributed by atoms with Gasteiger partial charge in [0.25, 0.3) is 0 Å². The van der Waals surface area contributed by atoms with Crippen molar-refractivity contribution in [3.05, 3.63) is 12.2 Å². The third kappa shape index (κ3) is 4.08. The quantitative estimate of drug-likeness (QED) is 0.534. The molecule has 3 unspecified atom stereocenters. The van der Waals surface area contributed by atoms with Crippen LogP contribution in [0.4, 0.5) is 0 Å². The van der Waals surface area contributed by atoms with Crippen LogP contribution in [0.2, 0.25) is 0 Å².